The van der Waals surface area contributed by atoms with Crippen molar-refractivity contribution in [3.8, 4) is 16.9 Å². The first-order chi connectivity index (χ1) is 17.9. The maximum Gasteiger partial charge on any atom is 0.303 e. The third kappa shape index (κ3) is 6.62. The first kappa shape index (κ1) is 26.5. The molecule has 1 aliphatic carbocycles. The van der Waals surface area contributed by atoms with Gasteiger partial charge in [-0.25, -0.2) is 0 Å². The molecule has 1 aliphatic rings. The molecule has 0 spiro atoms. The summed E-state index contributed by atoms with van der Waals surface area (Å²) < 4.78 is 6.02. The highest BCUT2D eigenvalue weighted by Gasteiger charge is 2.37. The van der Waals surface area contributed by atoms with Crippen molar-refractivity contribution in [1.29, 1.82) is 0 Å². The van der Waals surface area contributed by atoms with Gasteiger partial charge in [-0.1, -0.05) is 48.5 Å². The number of nitrogens with zero attached hydrogens (tertiary/aromatic N) is 1. The second-order valence-electron chi connectivity index (χ2n) is 9.82. The van der Waals surface area contributed by atoms with Crippen molar-refractivity contribution in [3.63, 3.8) is 0 Å². The van der Waals surface area contributed by atoms with Gasteiger partial charge in [-0.2, -0.15) is 0 Å². The Labute approximate surface area is 220 Å². The maximum atomic E-state index is 13.7. The van der Waals surface area contributed by atoms with E-state index in [1.165, 1.54) is 16.7 Å². The lowest BCUT2D eigenvalue weighted by molar-refractivity contribution is -0.137. The molecule has 4 rings (SSSR count). The van der Waals surface area contributed by atoms with Gasteiger partial charge >= 0.3 is 5.97 Å². The summed E-state index contributed by atoms with van der Waals surface area (Å²) in [5.41, 5.74) is 6.11. The van der Waals surface area contributed by atoms with Gasteiger partial charge in [-0.3, -0.25) is 9.59 Å². The Morgan fingerprint density at radius 3 is 2.27 bits per heavy atom. The first-order valence-corrected chi connectivity index (χ1v) is 13.0. The van der Waals surface area contributed by atoms with Crippen LogP contribution in [0.3, 0.4) is 0 Å². The molecule has 2 radical (unpaired) electrons. The van der Waals surface area contributed by atoms with E-state index in [1.54, 1.807) is 4.90 Å². The van der Waals surface area contributed by atoms with Crippen molar-refractivity contribution in [1.82, 2.24) is 4.90 Å². The molecule has 5 nitrogen and oxygen atoms in total. The molecule has 0 aromatic heterocycles. The number of aliphatic carboxylic acids is 1. The molecular weight excluding hydrogens is 461 g/mol. The molecule has 1 N–H and O–H groups in total. The molecule has 3 aromatic carbocycles. The Morgan fingerprint density at radius 1 is 0.946 bits per heavy atom. The molecule has 3 aromatic rings. The summed E-state index contributed by atoms with van der Waals surface area (Å²) in [6.07, 6.45) is 4.22. The highest BCUT2D eigenvalue weighted by atomic mass is 16.5. The van der Waals surface area contributed by atoms with Gasteiger partial charge in [0.25, 0.3) is 5.91 Å². The van der Waals surface area contributed by atoms with Gasteiger partial charge in [0.2, 0.25) is 0 Å². The van der Waals surface area contributed by atoms with Crippen LogP contribution in [0.25, 0.3) is 11.1 Å². The number of amides is 1. The van der Waals surface area contributed by atoms with E-state index in [-0.39, 0.29) is 18.4 Å². The van der Waals surface area contributed by atoms with Crippen molar-refractivity contribution in [3.05, 3.63) is 89.0 Å². The number of carbonyl (C=O) groups excluding carboxylic acids is 1. The Bertz CT molecular complexity index is 1220. The van der Waals surface area contributed by atoms with Crippen LogP contribution in [0.1, 0.15) is 71.5 Å². The number of hydrogen-bond donors (Lipinski definition) is 1. The zero-order chi connectivity index (χ0) is 26.4. The molecule has 1 unspecified atom stereocenters. The molecular formula is C31H34BNO4. The van der Waals surface area contributed by atoms with Crippen LogP contribution in [0.15, 0.2) is 66.7 Å². The molecule has 1 saturated carbocycles. The first-order valence-electron chi connectivity index (χ1n) is 13.0. The largest absolute Gasteiger partial charge is 0.493 e. The topological polar surface area (TPSA) is 66.8 Å². The number of unbranched alkanes of at least 4 members (excludes halogenated alkanes) is 2. The number of carboxylic acid groups (broad SMARTS) is 1. The number of carboxylic acids is 1. The summed E-state index contributed by atoms with van der Waals surface area (Å²) in [5, 5.41) is 8.78. The Balaban J connectivity index is 1.48. The summed E-state index contributed by atoms with van der Waals surface area (Å²) in [6.45, 7) is 4.68. The van der Waals surface area contributed by atoms with Gasteiger partial charge < -0.3 is 14.7 Å². The number of hydrogen-bond acceptors (Lipinski definition) is 3. The lowest BCUT2D eigenvalue weighted by atomic mass is 9.85. The van der Waals surface area contributed by atoms with Gasteiger partial charge in [-0.15, -0.1) is 0 Å². The summed E-state index contributed by atoms with van der Waals surface area (Å²) in [5.74, 6) is -0.813. The molecule has 0 bridgehead atoms. The van der Waals surface area contributed by atoms with Crippen LogP contribution in [0, 0.1) is 13.8 Å². The van der Waals surface area contributed by atoms with Crippen LogP contribution in [0.2, 0.25) is 0 Å². The fraction of sp³-hybridized carbons (Fsp3) is 0.355. The molecule has 37 heavy (non-hydrogen) atoms. The van der Waals surface area contributed by atoms with Crippen LogP contribution in [0.4, 0.5) is 0 Å². The monoisotopic (exact) mass is 495 g/mol. The van der Waals surface area contributed by atoms with E-state index < -0.39 is 11.9 Å². The number of rotatable bonds is 12. The van der Waals surface area contributed by atoms with Crippen molar-refractivity contribution >= 4 is 19.7 Å². The lowest BCUT2D eigenvalue weighted by Crippen LogP contribution is -2.37. The summed E-state index contributed by atoms with van der Waals surface area (Å²) >= 11 is 0. The van der Waals surface area contributed by atoms with Gasteiger partial charge in [0.05, 0.1) is 6.61 Å². The number of carbonyl (C=O) groups is 2. The van der Waals surface area contributed by atoms with Gasteiger partial charge in [-0.05, 0) is 86.4 Å². The van der Waals surface area contributed by atoms with E-state index in [0.717, 1.165) is 36.8 Å². The van der Waals surface area contributed by atoms with Crippen LogP contribution in [-0.4, -0.2) is 42.4 Å². The van der Waals surface area contributed by atoms with Crippen LogP contribution >= 0.6 is 0 Å². The third-order valence-electron chi connectivity index (χ3n) is 6.91. The molecule has 0 saturated heterocycles. The molecule has 1 fully saturated rings. The third-order valence-corrected chi connectivity index (χ3v) is 6.91. The van der Waals surface area contributed by atoms with Crippen LogP contribution in [-0.2, 0) is 4.79 Å². The van der Waals surface area contributed by atoms with Crippen molar-refractivity contribution in [2.45, 2.75) is 64.4 Å². The summed E-state index contributed by atoms with van der Waals surface area (Å²) in [7, 11) is 6.73. The second kappa shape index (κ2) is 12.1. The quantitative estimate of drug-likeness (QED) is 0.231. The molecule has 6 heteroatoms. The van der Waals surface area contributed by atoms with Crippen LogP contribution < -0.4 is 4.74 Å². The van der Waals surface area contributed by atoms with Crippen molar-refractivity contribution < 1.29 is 19.4 Å². The summed E-state index contributed by atoms with van der Waals surface area (Å²) in [6, 6.07) is 21.8. The number of aryl methyl sites for hydroxylation is 2. The predicted octanol–water partition coefficient (Wildman–Crippen LogP) is 6.47. The lowest BCUT2D eigenvalue weighted by Gasteiger charge is -2.31. The van der Waals surface area contributed by atoms with E-state index in [4.69, 9.17) is 17.7 Å². The van der Waals surface area contributed by atoms with Gasteiger partial charge in [0, 0.05) is 29.5 Å². The SMILES string of the molecule is [B]C(c1ccccc1OCCCCCC(=O)O)N(C(=O)c1ccc(-c2c(C)cccc2C)cc1)C1CC1. The minimum Gasteiger partial charge on any atom is -0.493 e. The average Bonchev–Trinajstić information content (AvgIpc) is 3.71. The molecule has 190 valence electrons. The molecule has 1 atom stereocenters. The smallest absolute Gasteiger partial charge is 0.303 e. The number of para-hydroxylation sites is 1. The Morgan fingerprint density at radius 2 is 1.62 bits per heavy atom. The Hall–Kier alpha value is -3.54. The van der Waals surface area contributed by atoms with Crippen molar-refractivity contribution in [2.24, 2.45) is 0 Å². The predicted molar refractivity (Wildman–Crippen MR) is 147 cm³/mol. The second-order valence-corrected chi connectivity index (χ2v) is 9.82. The minimum absolute atomic E-state index is 0.0773. The molecule has 0 aliphatic heterocycles. The average molecular weight is 495 g/mol. The summed E-state index contributed by atoms with van der Waals surface area (Å²) in [4.78, 5) is 26.2. The highest BCUT2D eigenvalue weighted by molar-refractivity contribution is 6.14. The maximum absolute atomic E-state index is 13.7. The highest BCUT2D eigenvalue weighted by Crippen LogP contribution is 2.37. The number of benzene rings is 3. The van der Waals surface area contributed by atoms with E-state index in [0.29, 0.717) is 24.3 Å². The number of ether oxygens (including phenoxy) is 1. The molecule has 0 heterocycles. The van der Waals surface area contributed by atoms with Crippen molar-refractivity contribution in [2.75, 3.05) is 6.61 Å². The van der Waals surface area contributed by atoms with Gasteiger partial charge in [0.1, 0.15) is 13.6 Å². The normalized spacial score (nSPS) is 13.7. The zero-order valence-electron chi connectivity index (χ0n) is 21.7. The van der Waals surface area contributed by atoms with E-state index >= 15 is 0 Å². The van der Waals surface area contributed by atoms with Gasteiger partial charge in [0.15, 0.2) is 0 Å². The van der Waals surface area contributed by atoms with Crippen LogP contribution in [0.5, 0.6) is 5.75 Å². The fourth-order valence-electron chi connectivity index (χ4n) is 4.81. The molecule has 1 amide bonds. The van der Waals surface area contributed by atoms with E-state index in [1.807, 2.05) is 48.5 Å². The van der Waals surface area contributed by atoms with E-state index in [2.05, 4.69) is 32.0 Å². The fourth-order valence-corrected chi connectivity index (χ4v) is 4.81. The zero-order valence-corrected chi connectivity index (χ0v) is 21.7. The van der Waals surface area contributed by atoms with E-state index in [9.17, 15) is 9.59 Å². The minimum atomic E-state index is -0.776. The Kier molecular flexibility index (Phi) is 8.70. The standard InChI is InChI=1S/C31H34BNO4/c1-21-9-8-10-22(2)29(21)23-14-16-24(17-15-23)31(36)33(25-18-19-25)30(32)26-11-5-6-12-27(26)37-20-7-3-4-13-28(34)35/h5-6,8-12,14-17,25,30H,3-4,7,13,18-20H2,1-2H3,(H,34,35).